The summed E-state index contributed by atoms with van der Waals surface area (Å²) in [6.45, 7) is 5.07. The number of aliphatic hydroxyl groups is 1. The van der Waals surface area contributed by atoms with Crippen molar-refractivity contribution in [1.82, 2.24) is 14.8 Å². The third kappa shape index (κ3) is 2.68. The number of rotatable bonds is 6. The Morgan fingerprint density at radius 2 is 1.95 bits per heavy atom. The molecule has 19 heavy (non-hydrogen) atoms. The molecule has 0 saturated carbocycles. The van der Waals surface area contributed by atoms with E-state index < -0.39 is 0 Å². The number of hydrogen-bond donors (Lipinski definition) is 1. The van der Waals surface area contributed by atoms with Crippen LogP contribution in [-0.2, 0) is 18.4 Å². The fourth-order valence-corrected chi connectivity index (χ4v) is 2.47. The molecule has 1 aromatic heterocycles. The Kier molecular flexibility index (Phi) is 4.32. The monoisotopic (exact) mass is 259 g/mol. The molecule has 1 N–H and O–H groups in total. The summed E-state index contributed by atoms with van der Waals surface area (Å²) in [7, 11) is 0. The zero-order chi connectivity index (χ0) is 13.7. The van der Waals surface area contributed by atoms with Gasteiger partial charge in [-0.15, -0.1) is 0 Å². The molecule has 0 saturated heterocycles. The summed E-state index contributed by atoms with van der Waals surface area (Å²) in [6, 6.07) is 10.2. The summed E-state index contributed by atoms with van der Waals surface area (Å²) in [4.78, 5) is 4.33. The SMILES string of the molecule is CCn1ncnc1CC(CC)(CO)c1ccccc1. The minimum Gasteiger partial charge on any atom is -0.395 e. The van der Waals surface area contributed by atoms with Crippen LogP contribution in [0.15, 0.2) is 36.7 Å². The molecule has 0 aliphatic heterocycles. The van der Waals surface area contributed by atoms with Crippen molar-refractivity contribution in [1.29, 1.82) is 0 Å². The second kappa shape index (κ2) is 5.97. The van der Waals surface area contributed by atoms with Gasteiger partial charge in [0.05, 0.1) is 6.61 Å². The number of aliphatic hydroxyl groups excluding tert-OH is 1. The molecular formula is C15H21N3O. The van der Waals surface area contributed by atoms with Crippen LogP contribution in [0, 0.1) is 0 Å². The van der Waals surface area contributed by atoms with Crippen molar-refractivity contribution < 1.29 is 5.11 Å². The Balaban J connectivity index is 2.35. The molecule has 1 atom stereocenters. The minimum absolute atomic E-state index is 0.115. The lowest BCUT2D eigenvalue weighted by Crippen LogP contribution is -2.33. The number of nitrogens with zero attached hydrogens (tertiary/aromatic N) is 3. The van der Waals surface area contributed by atoms with Gasteiger partial charge in [0.15, 0.2) is 0 Å². The van der Waals surface area contributed by atoms with Gasteiger partial charge >= 0.3 is 0 Å². The maximum atomic E-state index is 9.93. The fraction of sp³-hybridized carbons (Fsp3) is 0.467. The molecule has 0 bridgehead atoms. The highest BCUT2D eigenvalue weighted by Gasteiger charge is 2.31. The largest absolute Gasteiger partial charge is 0.395 e. The first-order valence-electron chi connectivity index (χ1n) is 6.79. The average molecular weight is 259 g/mol. The Bertz CT molecular complexity index is 503. The Morgan fingerprint density at radius 3 is 2.53 bits per heavy atom. The summed E-state index contributed by atoms with van der Waals surface area (Å²) in [5.74, 6) is 0.933. The van der Waals surface area contributed by atoms with Gasteiger partial charge in [-0.1, -0.05) is 37.3 Å². The van der Waals surface area contributed by atoms with E-state index in [0.29, 0.717) is 6.42 Å². The molecule has 0 spiro atoms. The van der Waals surface area contributed by atoms with E-state index in [4.69, 9.17) is 0 Å². The average Bonchev–Trinajstić information content (AvgIpc) is 2.93. The number of aromatic nitrogens is 3. The van der Waals surface area contributed by atoms with Crippen LogP contribution in [0.25, 0.3) is 0 Å². The standard InChI is InChI=1S/C15H21N3O/c1-3-15(11-19,13-8-6-5-7-9-13)10-14-16-12-17-18(14)4-2/h5-9,12,19H,3-4,10-11H2,1-2H3. The molecule has 0 aliphatic rings. The molecule has 1 heterocycles. The van der Waals surface area contributed by atoms with Crippen LogP contribution in [-0.4, -0.2) is 26.5 Å². The first-order chi connectivity index (χ1) is 9.25. The van der Waals surface area contributed by atoms with Gasteiger partial charge in [0.2, 0.25) is 0 Å². The topological polar surface area (TPSA) is 50.9 Å². The molecule has 0 radical (unpaired) electrons. The molecule has 0 amide bonds. The predicted octanol–water partition coefficient (Wildman–Crippen LogP) is 2.18. The molecule has 102 valence electrons. The van der Waals surface area contributed by atoms with E-state index in [1.165, 1.54) is 0 Å². The minimum atomic E-state index is -0.277. The first kappa shape index (κ1) is 13.7. The van der Waals surface area contributed by atoms with Crippen molar-refractivity contribution in [3.63, 3.8) is 0 Å². The van der Waals surface area contributed by atoms with Crippen molar-refractivity contribution in [2.24, 2.45) is 0 Å². The zero-order valence-corrected chi connectivity index (χ0v) is 11.6. The lowest BCUT2D eigenvalue weighted by Gasteiger charge is -2.31. The van der Waals surface area contributed by atoms with Gasteiger partial charge in [-0.3, -0.25) is 4.68 Å². The van der Waals surface area contributed by atoms with E-state index in [9.17, 15) is 5.11 Å². The lowest BCUT2D eigenvalue weighted by atomic mass is 9.76. The van der Waals surface area contributed by atoms with Gasteiger partial charge < -0.3 is 5.11 Å². The smallest absolute Gasteiger partial charge is 0.138 e. The molecule has 2 rings (SSSR count). The maximum Gasteiger partial charge on any atom is 0.138 e. The van der Waals surface area contributed by atoms with Crippen molar-refractivity contribution >= 4 is 0 Å². The van der Waals surface area contributed by atoms with E-state index >= 15 is 0 Å². The highest BCUT2D eigenvalue weighted by molar-refractivity contribution is 5.27. The highest BCUT2D eigenvalue weighted by atomic mass is 16.3. The van der Waals surface area contributed by atoms with E-state index in [-0.39, 0.29) is 12.0 Å². The molecular weight excluding hydrogens is 238 g/mol. The van der Waals surface area contributed by atoms with Crippen LogP contribution < -0.4 is 0 Å². The molecule has 1 unspecified atom stereocenters. The fourth-order valence-electron chi connectivity index (χ4n) is 2.47. The lowest BCUT2D eigenvalue weighted by molar-refractivity contribution is 0.183. The summed E-state index contributed by atoms with van der Waals surface area (Å²) in [5.41, 5.74) is 0.881. The second-order valence-corrected chi connectivity index (χ2v) is 4.83. The van der Waals surface area contributed by atoms with Crippen molar-refractivity contribution in [3.8, 4) is 0 Å². The first-order valence-corrected chi connectivity index (χ1v) is 6.79. The van der Waals surface area contributed by atoms with Gasteiger partial charge in [-0.2, -0.15) is 5.10 Å². The number of aryl methyl sites for hydroxylation is 1. The number of benzene rings is 1. The molecule has 1 aromatic carbocycles. The molecule has 0 fully saturated rings. The summed E-state index contributed by atoms with van der Waals surface area (Å²) in [5, 5.41) is 14.1. The van der Waals surface area contributed by atoms with Gasteiger partial charge in [0, 0.05) is 18.4 Å². The van der Waals surface area contributed by atoms with Crippen LogP contribution in [0.4, 0.5) is 0 Å². The summed E-state index contributed by atoms with van der Waals surface area (Å²) >= 11 is 0. The third-order valence-electron chi connectivity index (χ3n) is 3.86. The van der Waals surface area contributed by atoms with Gasteiger partial charge in [0.25, 0.3) is 0 Å². The number of hydrogen-bond acceptors (Lipinski definition) is 3. The van der Waals surface area contributed by atoms with E-state index in [1.54, 1.807) is 6.33 Å². The second-order valence-electron chi connectivity index (χ2n) is 4.83. The van der Waals surface area contributed by atoms with Crippen molar-refractivity contribution in [2.45, 2.75) is 38.6 Å². The van der Waals surface area contributed by atoms with Crippen LogP contribution >= 0.6 is 0 Å². The van der Waals surface area contributed by atoms with E-state index in [2.05, 4.69) is 29.1 Å². The Hall–Kier alpha value is -1.68. The van der Waals surface area contributed by atoms with Gasteiger partial charge in [-0.05, 0) is 18.9 Å². The van der Waals surface area contributed by atoms with Crippen LogP contribution in [0.3, 0.4) is 0 Å². The van der Waals surface area contributed by atoms with Crippen molar-refractivity contribution in [3.05, 3.63) is 48.0 Å². The van der Waals surface area contributed by atoms with Crippen LogP contribution in [0.5, 0.6) is 0 Å². The Labute approximate surface area is 114 Å². The zero-order valence-electron chi connectivity index (χ0n) is 11.6. The normalized spacial score (nSPS) is 14.3. The molecule has 2 aromatic rings. The molecule has 4 nitrogen and oxygen atoms in total. The maximum absolute atomic E-state index is 9.93. The van der Waals surface area contributed by atoms with Gasteiger partial charge in [-0.25, -0.2) is 4.98 Å². The Morgan fingerprint density at radius 1 is 1.21 bits per heavy atom. The summed E-state index contributed by atoms with van der Waals surface area (Å²) < 4.78 is 1.89. The van der Waals surface area contributed by atoms with Crippen LogP contribution in [0.2, 0.25) is 0 Å². The van der Waals surface area contributed by atoms with Crippen LogP contribution in [0.1, 0.15) is 31.7 Å². The van der Waals surface area contributed by atoms with Gasteiger partial charge in [0.1, 0.15) is 12.2 Å². The molecule has 4 heteroatoms. The predicted molar refractivity (Wildman–Crippen MR) is 74.9 cm³/mol. The highest BCUT2D eigenvalue weighted by Crippen LogP contribution is 2.31. The summed E-state index contributed by atoms with van der Waals surface area (Å²) in [6.07, 6.45) is 3.16. The quantitative estimate of drug-likeness (QED) is 0.865. The molecule has 0 aliphatic carbocycles. The third-order valence-corrected chi connectivity index (χ3v) is 3.86. The van der Waals surface area contributed by atoms with E-state index in [1.807, 2.05) is 29.8 Å². The van der Waals surface area contributed by atoms with Crippen molar-refractivity contribution in [2.75, 3.05) is 6.61 Å². The van der Waals surface area contributed by atoms with E-state index in [0.717, 1.165) is 24.4 Å².